The smallest absolute Gasteiger partial charge is 0.249 e. The van der Waals surface area contributed by atoms with Crippen LogP contribution in [0.3, 0.4) is 0 Å². The first-order chi connectivity index (χ1) is 7.63. The van der Waals surface area contributed by atoms with Crippen molar-refractivity contribution in [1.82, 2.24) is 10.6 Å². The first-order valence-electron chi connectivity index (χ1n) is 5.51. The fourth-order valence-electron chi connectivity index (χ4n) is 1.61. The van der Waals surface area contributed by atoms with Crippen molar-refractivity contribution in [3.8, 4) is 0 Å². The topological polar surface area (TPSA) is 93.5 Å². The molecule has 16 heavy (non-hydrogen) atoms. The SMILES string of the molecule is CC(=O)NCCNC(=O)C1CCC(CN)O1. The highest BCUT2D eigenvalue weighted by atomic mass is 16.5. The van der Waals surface area contributed by atoms with Gasteiger partial charge in [0.05, 0.1) is 6.10 Å². The van der Waals surface area contributed by atoms with Gasteiger partial charge in [0.25, 0.3) is 0 Å². The number of nitrogens with two attached hydrogens (primary N) is 1. The summed E-state index contributed by atoms with van der Waals surface area (Å²) in [4.78, 5) is 22.1. The molecular formula is C10H19N3O3. The Bertz CT molecular complexity index is 258. The van der Waals surface area contributed by atoms with E-state index in [4.69, 9.17) is 10.5 Å². The molecule has 4 N–H and O–H groups in total. The third-order valence-corrected chi connectivity index (χ3v) is 2.46. The number of carbonyl (C=O) groups excluding carboxylic acids is 2. The molecule has 0 saturated carbocycles. The highest BCUT2D eigenvalue weighted by molar-refractivity contribution is 5.81. The Labute approximate surface area is 94.9 Å². The van der Waals surface area contributed by atoms with Crippen LogP contribution in [0.25, 0.3) is 0 Å². The van der Waals surface area contributed by atoms with E-state index in [9.17, 15) is 9.59 Å². The van der Waals surface area contributed by atoms with E-state index in [2.05, 4.69) is 10.6 Å². The van der Waals surface area contributed by atoms with Gasteiger partial charge in [-0.25, -0.2) is 0 Å². The molecule has 1 aliphatic heterocycles. The summed E-state index contributed by atoms with van der Waals surface area (Å²) in [5.74, 6) is -0.226. The molecule has 0 aromatic rings. The summed E-state index contributed by atoms with van der Waals surface area (Å²) >= 11 is 0. The van der Waals surface area contributed by atoms with Crippen molar-refractivity contribution >= 4 is 11.8 Å². The lowest BCUT2D eigenvalue weighted by Gasteiger charge is -2.12. The van der Waals surface area contributed by atoms with E-state index in [0.29, 0.717) is 26.1 Å². The van der Waals surface area contributed by atoms with Crippen LogP contribution in [-0.2, 0) is 14.3 Å². The second kappa shape index (κ2) is 6.44. The van der Waals surface area contributed by atoms with Gasteiger partial charge >= 0.3 is 0 Å². The molecule has 0 aliphatic carbocycles. The summed E-state index contributed by atoms with van der Waals surface area (Å²) in [7, 11) is 0. The Morgan fingerprint density at radius 3 is 2.56 bits per heavy atom. The van der Waals surface area contributed by atoms with E-state index in [1.54, 1.807) is 0 Å². The van der Waals surface area contributed by atoms with Crippen molar-refractivity contribution in [1.29, 1.82) is 0 Å². The fraction of sp³-hybridized carbons (Fsp3) is 0.800. The van der Waals surface area contributed by atoms with Gasteiger partial charge < -0.3 is 21.1 Å². The number of hydrogen-bond acceptors (Lipinski definition) is 4. The average Bonchev–Trinajstić information content (AvgIpc) is 2.72. The number of carbonyl (C=O) groups is 2. The van der Waals surface area contributed by atoms with E-state index in [0.717, 1.165) is 6.42 Å². The van der Waals surface area contributed by atoms with Gasteiger partial charge in [-0.05, 0) is 12.8 Å². The highest BCUT2D eigenvalue weighted by Gasteiger charge is 2.29. The van der Waals surface area contributed by atoms with Crippen molar-refractivity contribution in [2.24, 2.45) is 5.73 Å². The Morgan fingerprint density at radius 2 is 2.00 bits per heavy atom. The average molecular weight is 229 g/mol. The summed E-state index contributed by atoms with van der Waals surface area (Å²) in [5, 5.41) is 5.30. The molecule has 0 aromatic heterocycles. The summed E-state index contributed by atoms with van der Waals surface area (Å²) < 4.78 is 5.43. The Balaban J connectivity index is 2.13. The van der Waals surface area contributed by atoms with Crippen LogP contribution in [0.4, 0.5) is 0 Å². The van der Waals surface area contributed by atoms with E-state index in [1.165, 1.54) is 6.92 Å². The van der Waals surface area contributed by atoms with Gasteiger partial charge in [0.15, 0.2) is 0 Å². The zero-order chi connectivity index (χ0) is 12.0. The van der Waals surface area contributed by atoms with Crippen LogP contribution in [0.15, 0.2) is 0 Å². The minimum atomic E-state index is -0.383. The predicted octanol–water partition coefficient (Wildman–Crippen LogP) is -1.25. The highest BCUT2D eigenvalue weighted by Crippen LogP contribution is 2.18. The van der Waals surface area contributed by atoms with Crippen LogP contribution in [0.5, 0.6) is 0 Å². The largest absolute Gasteiger partial charge is 0.364 e. The van der Waals surface area contributed by atoms with Crippen LogP contribution in [-0.4, -0.2) is 43.7 Å². The van der Waals surface area contributed by atoms with Crippen molar-refractivity contribution in [2.45, 2.75) is 32.0 Å². The summed E-state index contributed by atoms with van der Waals surface area (Å²) in [5.41, 5.74) is 5.45. The van der Waals surface area contributed by atoms with Crippen LogP contribution in [0, 0.1) is 0 Å². The molecule has 6 nitrogen and oxygen atoms in total. The quantitative estimate of drug-likeness (QED) is 0.513. The van der Waals surface area contributed by atoms with Crippen LogP contribution in [0.1, 0.15) is 19.8 Å². The van der Waals surface area contributed by atoms with Gasteiger partial charge in [-0.3, -0.25) is 9.59 Å². The van der Waals surface area contributed by atoms with Gasteiger partial charge in [-0.2, -0.15) is 0 Å². The number of ether oxygens (including phenoxy) is 1. The third-order valence-electron chi connectivity index (χ3n) is 2.46. The number of rotatable bonds is 5. The fourth-order valence-corrected chi connectivity index (χ4v) is 1.61. The van der Waals surface area contributed by atoms with Gasteiger partial charge in [0.1, 0.15) is 6.10 Å². The molecule has 1 aliphatic rings. The van der Waals surface area contributed by atoms with Crippen molar-refractivity contribution in [3.05, 3.63) is 0 Å². The lowest BCUT2D eigenvalue weighted by Crippen LogP contribution is -2.39. The zero-order valence-electron chi connectivity index (χ0n) is 9.49. The predicted molar refractivity (Wildman–Crippen MR) is 58.6 cm³/mol. The van der Waals surface area contributed by atoms with E-state index >= 15 is 0 Å². The molecule has 0 aromatic carbocycles. The Morgan fingerprint density at radius 1 is 1.31 bits per heavy atom. The molecule has 1 rings (SSSR count). The maximum atomic E-state index is 11.6. The molecule has 0 spiro atoms. The normalized spacial score (nSPS) is 24.1. The molecule has 0 radical (unpaired) electrons. The second-order valence-corrected chi connectivity index (χ2v) is 3.83. The van der Waals surface area contributed by atoms with Gasteiger partial charge in [0, 0.05) is 26.6 Å². The van der Waals surface area contributed by atoms with Gasteiger partial charge in [-0.1, -0.05) is 0 Å². The van der Waals surface area contributed by atoms with Crippen molar-refractivity contribution < 1.29 is 14.3 Å². The summed E-state index contributed by atoms with van der Waals surface area (Å²) in [6.07, 6.45) is 1.17. The van der Waals surface area contributed by atoms with Gasteiger partial charge in [-0.15, -0.1) is 0 Å². The van der Waals surface area contributed by atoms with E-state index < -0.39 is 0 Å². The molecule has 92 valence electrons. The van der Waals surface area contributed by atoms with E-state index in [-0.39, 0.29) is 24.0 Å². The first kappa shape index (κ1) is 12.9. The van der Waals surface area contributed by atoms with E-state index in [1.807, 2.05) is 0 Å². The molecule has 2 unspecified atom stereocenters. The summed E-state index contributed by atoms with van der Waals surface area (Å²) in [6.45, 7) is 2.75. The maximum Gasteiger partial charge on any atom is 0.249 e. The Hall–Kier alpha value is -1.14. The molecule has 2 amide bonds. The van der Waals surface area contributed by atoms with Crippen LogP contribution in [0.2, 0.25) is 0 Å². The number of amides is 2. The maximum absolute atomic E-state index is 11.6. The Kier molecular flexibility index (Phi) is 5.21. The van der Waals surface area contributed by atoms with Gasteiger partial charge in [0.2, 0.25) is 11.8 Å². The number of hydrogen-bond donors (Lipinski definition) is 3. The third kappa shape index (κ3) is 4.16. The molecule has 2 atom stereocenters. The molecule has 1 saturated heterocycles. The lowest BCUT2D eigenvalue weighted by molar-refractivity contribution is -0.132. The minimum Gasteiger partial charge on any atom is -0.364 e. The monoisotopic (exact) mass is 229 g/mol. The number of nitrogens with one attached hydrogen (secondary N) is 2. The summed E-state index contributed by atoms with van der Waals surface area (Å²) in [6, 6.07) is 0. The first-order valence-corrected chi connectivity index (χ1v) is 5.51. The molecule has 1 heterocycles. The van der Waals surface area contributed by atoms with Crippen LogP contribution < -0.4 is 16.4 Å². The zero-order valence-corrected chi connectivity index (χ0v) is 9.49. The van der Waals surface area contributed by atoms with Crippen molar-refractivity contribution in [2.75, 3.05) is 19.6 Å². The second-order valence-electron chi connectivity index (χ2n) is 3.83. The van der Waals surface area contributed by atoms with Crippen molar-refractivity contribution in [3.63, 3.8) is 0 Å². The molecular weight excluding hydrogens is 210 g/mol. The minimum absolute atomic E-state index is 0.00564. The molecule has 6 heteroatoms. The molecule has 1 fully saturated rings. The molecule has 0 bridgehead atoms. The lowest BCUT2D eigenvalue weighted by atomic mass is 10.2. The standard InChI is InChI=1S/C10H19N3O3/c1-7(14)12-4-5-13-10(15)9-3-2-8(6-11)16-9/h8-9H,2-6,11H2,1H3,(H,12,14)(H,13,15). The van der Waals surface area contributed by atoms with Crippen LogP contribution >= 0.6 is 0 Å².